The first kappa shape index (κ1) is 11.4. The molecule has 0 aromatic heterocycles. The van der Waals surface area contributed by atoms with E-state index < -0.39 is 0 Å². The maximum absolute atomic E-state index is 5.90. The van der Waals surface area contributed by atoms with Crippen LogP contribution in [0.25, 0.3) is 0 Å². The third-order valence-electron chi connectivity index (χ3n) is 2.00. The second kappa shape index (κ2) is 5.23. The zero-order chi connectivity index (χ0) is 9.84. The summed E-state index contributed by atoms with van der Waals surface area (Å²) >= 11 is 15.2. The average molecular weight is 282 g/mol. The molecule has 0 nitrogen and oxygen atoms in total. The number of hydrogen-bond donors (Lipinski definition) is 0. The summed E-state index contributed by atoms with van der Waals surface area (Å²) in [5, 5.41) is 2.42. The summed E-state index contributed by atoms with van der Waals surface area (Å²) in [6.45, 7) is 2.17. The lowest BCUT2D eigenvalue weighted by molar-refractivity contribution is 0.744. The number of hydrogen-bond acceptors (Lipinski definition) is 0. The van der Waals surface area contributed by atoms with Crippen LogP contribution in [0.5, 0.6) is 0 Å². The van der Waals surface area contributed by atoms with E-state index in [1.807, 2.05) is 12.1 Å². The number of halogens is 3. The Balaban J connectivity index is 2.87. The lowest BCUT2D eigenvalue weighted by atomic mass is 9.99. The fraction of sp³-hybridized carbons (Fsp3) is 0.400. The van der Waals surface area contributed by atoms with Gasteiger partial charge in [0.2, 0.25) is 0 Å². The molecule has 0 saturated heterocycles. The van der Waals surface area contributed by atoms with Gasteiger partial charge in [0.25, 0.3) is 0 Å². The Labute approximate surface area is 97.4 Å². The summed E-state index contributed by atoms with van der Waals surface area (Å²) in [6.07, 6.45) is 1.09. The largest absolute Gasteiger partial charge is 0.0928 e. The second-order valence-electron chi connectivity index (χ2n) is 3.08. The number of alkyl halides is 1. The lowest BCUT2D eigenvalue weighted by Crippen LogP contribution is -1.94. The summed E-state index contributed by atoms with van der Waals surface area (Å²) in [6, 6.07) is 5.70. The smallest absolute Gasteiger partial charge is 0.0423 e. The maximum Gasteiger partial charge on any atom is 0.0423 e. The van der Waals surface area contributed by atoms with E-state index in [1.54, 1.807) is 6.07 Å². The molecule has 1 unspecified atom stereocenters. The Hall–Kier alpha value is 0.280. The van der Waals surface area contributed by atoms with Gasteiger partial charge in [-0.2, -0.15) is 0 Å². The molecule has 0 spiro atoms. The minimum absolute atomic E-state index is 0.496. The van der Waals surface area contributed by atoms with Crippen LogP contribution in [-0.4, -0.2) is 5.33 Å². The van der Waals surface area contributed by atoms with Gasteiger partial charge in [-0.15, -0.1) is 0 Å². The number of rotatable bonds is 3. The van der Waals surface area contributed by atoms with Crippen LogP contribution in [-0.2, 0) is 0 Å². The van der Waals surface area contributed by atoms with E-state index in [-0.39, 0.29) is 0 Å². The monoisotopic (exact) mass is 280 g/mol. The molecule has 1 atom stereocenters. The average Bonchev–Trinajstić information content (AvgIpc) is 2.03. The van der Waals surface area contributed by atoms with Crippen molar-refractivity contribution in [2.24, 2.45) is 0 Å². The molecule has 0 heterocycles. The van der Waals surface area contributed by atoms with Gasteiger partial charge in [0.05, 0.1) is 0 Å². The molecular formula is C10H11BrCl2. The SMILES string of the molecule is CC(CCBr)c1cc(Cl)cc(Cl)c1. The summed E-state index contributed by atoms with van der Waals surface area (Å²) in [4.78, 5) is 0. The highest BCUT2D eigenvalue weighted by Crippen LogP contribution is 2.26. The first-order chi connectivity index (χ1) is 6.13. The van der Waals surface area contributed by atoms with Crippen LogP contribution in [0.15, 0.2) is 18.2 Å². The van der Waals surface area contributed by atoms with Crippen LogP contribution in [0.2, 0.25) is 10.0 Å². The van der Waals surface area contributed by atoms with E-state index in [1.165, 1.54) is 5.56 Å². The van der Waals surface area contributed by atoms with Gasteiger partial charge in [-0.3, -0.25) is 0 Å². The summed E-state index contributed by atoms with van der Waals surface area (Å²) < 4.78 is 0. The molecule has 0 aliphatic heterocycles. The Morgan fingerprint density at radius 2 is 1.77 bits per heavy atom. The molecule has 72 valence electrons. The van der Waals surface area contributed by atoms with Gasteiger partial charge < -0.3 is 0 Å². The maximum atomic E-state index is 5.90. The Bertz CT molecular complexity index is 266. The van der Waals surface area contributed by atoms with Crippen LogP contribution in [0.1, 0.15) is 24.8 Å². The molecule has 13 heavy (non-hydrogen) atoms. The molecule has 0 bridgehead atoms. The van der Waals surface area contributed by atoms with E-state index in [0.29, 0.717) is 16.0 Å². The van der Waals surface area contributed by atoms with Crippen LogP contribution in [0.3, 0.4) is 0 Å². The zero-order valence-electron chi connectivity index (χ0n) is 7.36. The van der Waals surface area contributed by atoms with Gasteiger partial charge in [-0.1, -0.05) is 46.1 Å². The van der Waals surface area contributed by atoms with Crippen molar-refractivity contribution >= 4 is 39.1 Å². The Kier molecular flexibility index (Phi) is 4.57. The van der Waals surface area contributed by atoms with Gasteiger partial charge >= 0.3 is 0 Å². The van der Waals surface area contributed by atoms with Gasteiger partial charge in [-0.05, 0) is 36.1 Å². The predicted octanol–water partition coefficient (Wildman–Crippen LogP) is 4.88. The lowest BCUT2D eigenvalue weighted by Gasteiger charge is -2.10. The van der Waals surface area contributed by atoms with Gasteiger partial charge in [0.1, 0.15) is 0 Å². The Morgan fingerprint density at radius 3 is 2.23 bits per heavy atom. The molecule has 0 radical (unpaired) electrons. The summed E-state index contributed by atoms with van der Waals surface area (Å²) in [5.41, 5.74) is 1.21. The van der Waals surface area contributed by atoms with Crippen molar-refractivity contribution in [3.63, 3.8) is 0 Å². The molecule has 0 aliphatic rings. The molecule has 0 fully saturated rings. The molecule has 1 rings (SSSR count). The molecule has 0 aliphatic carbocycles. The topological polar surface area (TPSA) is 0 Å². The molecule has 1 aromatic carbocycles. The van der Waals surface area contributed by atoms with E-state index in [0.717, 1.165) is 11.8 Å². The van der Waals surface area contributed by atoms with Gasteiger partial charge in [0, 0.05) is 15.4 Å². The Morgan fingerprint density at radius 1 is 1.23 bits per heavy atom. The minimum atomic E-state index is 0.496. The van der Waals surface area contributed by atoms with Crippen LogP contribution in [0.4, 0.5) is 0 Å². The van der Waals surface area contributed by atoms with E-state index >= 15 is 0 Å². The third kappa shape index (κ3) is 3.49. The highest BCUT2D eigenvalue weighted by Gasteiger charge is 2.06. The molecule has 0 N–H and O–H groups in total. The zero-order valence-corrected chi connectivity index (χ0v) is 10.5. The fourth-order valence-corrected chi connectivity index (χ4v) is 2.42. The van der Waals surface area contributed by atoms with Crippen molar-refractivity contribution in [3.05, 3.63) is 33.8 Å². The second-order valence-corrected chi connectivity index (χ2v) is 4.75. The van der Waals surface area contributed by atoms with Gasteiger partial charge in [-0.25, -0.2) is 0 Å². The highest BCUT2D eigenvalue weighted by atomic mass is 79.9. The summed E-state index contributed by atoms with van der Waals surface area (Å²) in [7, 11) is 0. The standard InChI is InChI=1S/C10H11BrCl2/c1-7(2-3-11)8-4-9(12)6-10(13)5-8/h4-7H,2-3H2,1H3. The van der Waals surface area contributed by atoms with Gasteiger partial charge in [0.15, 0.2) is 0 Å². The van der Waals surface area contributed by atoms with Crippen LogP contribution >= 0.6 is 39.1 Å². The highest BCUT2D eigenvalue weighted by molar-refractivity contribution is 9.09. The van der Waals surface area contributed by atoms with Crippen LogP contribution in [0, 0.1) is 0 Å². The third-order valence-corrected chi connectivity index (χ3v) is 2.89. The van der Waals surface area contributed by atoms with Crippen molar-refractivity contribution in [2.75, 3.05) is 5.33 Å². The van der Waals surface area contributed by atoms with Crippen molar-refractivity contribution < 1.29 is 0 Å². The molecule has 3 heteroatoms. The van der Waals surface area contributed by atoms with E-state index in [4.69, 9.17) is 23.2 Å². The predicted molar refractivity (Wildman–Crippen MR) is 63.3 cm³/mol. The molecule has 0 saturated carbocycles. The molecule has 1 aromatic rings. The quantitative estimate of drug-likeness (QED) is 0.693. The number of benzene rings is 1. The summed E-state index contributed by atoms with van der Waals surface area (Å²) in [5.74, 6) is 0.496. The van der Waals surface area contributed by atoms with E-state index in [9.17, 15) is 0 Å². The van der Waals surface area contributed by atoms with Crippen molar-refractivity contribution in [1.82, 2.24) is 0 Å². The first-order valence-corrected chi connectivity index (χ1v) is 6.03. The fourth-order valence-electron chi connectivity index (χ4n) is 1.19. The normalized spacial score (nSPS) is 12.9. The molecule has 0 amide bonds. The minimum Gasteiger partial charge on any atom is -0.0928 e. The van der Waals surface area contributed by atoms with Crippen molar-refractivity contribution in [1.29, 1.82) is 0 Å². The van der Waals surface area contributed by atoms with E-state index in [2.05, 4.69) is 22.9 Å². The molecular weight excluding hydrogens is 271 g/mol. The van der Waals surface area contributed by atoms with Crippen molar-refractivity contribution in [2.45, 2.75) is 19.3 Å². The van der Waals surface area contributed by atoms with Crippen LogP contribution < -0.4 is 0 Å². The van der Waals surface area contributed by atoms with Crippen molar-refractivity contribution in [3.8, 4) is 0 Å². The first-order valence-electron chi connectivity index (χ1n) is 4.15.